The van der Waals surface area contributed by atoms with Gasteiger partial charge in [-0.15, -0.1) is 0 Å². The molecule has 66 valence electrons. The second kappa shape index (κ2) is 4.73. The minimum Gasteiger partial charge on any atom is -0.378 e. The topological polar surface area (TPSA) is 18.5 Å². The number of hydrogen-bond acceptors (Lipinski definition) is 2. The predicted octanol–water partition coefficient (Wildman–Crippen LogP) is 1.84. The van der Waals surface area contributed by atoms with E-state index >= 15 is 0 Å². The van der Waals surface area contributed by atoms with Crippen LogP contribution < -0.4 is 0 Å². The van der Waals surface area contributed by atoms with E-state index in [1.54, 1.807) is 0 Å². The van der Waals surface area contributed by atoms with Crippen LogP contribution in [0.3, 0.4) is 0 Å². The van der Waals surface area contributed by atoms with Crippen LogP contribution in [0.2, 0.25) is 0 Å². The molecule has 1 heterocycles. The molecule has 0 bridgehead atoms. The van der Waals surface area contributed by atoms with Crippen molar-refractivity contribution in [3.63, 3.8) is 0 Å². The zero-order valence-corrected chi connectivity index (χ0v) is 7.51. The van der Waals surface area contributed by atoms with E-state index in [0.717, 1.165) is 26.2 Å². The lowest BCUT2D eigenvalue weighted by Crippen LogP contribution is -2.17. The highest BCUT2D eigenvalue weighted by Crippen LogP contribution is 2.10. The molecule has 1 aliphatic heterocycles. The van der Waals surface area contributed by atoms with Gasteiger partial charge in [0.15, 0.2) is 0 Å². The van der Waals surface area contributed by atoms with Gasteiger partial charge in [0.05, 0.1) is 25.9 Å². The molecule has 2 nitrogen and oxygen atoms in total. The fourth-order valence-electron chi connectivity index (χ4n) is 1.29. The lowest BCUT2D eigenvalue weighted by Gasteiger charge is -2.12. The van der Waals surface area contributed by atoms with E-state index in [4.69, 9.17) is 9.47 Å². The van der Waals surface area contributed by atoms with Gasteiger partial charge in [-0.2, -0.15) is 0 Å². The Balaban J connectivity index is 2.22. The molecule has 0 amide bonds. The van der Waals surface area contributed by atoms with Gasteiger partial charge in [0, 0.05) is 5.92 Å². The van der Waals surface area contributed by atoms with Gasteiger partial charge in [-0.05, 0) is 6.42 Å². The summed E-state index contributed by atoms with van der Waals surface area (Å²) in [6.45, 7) is 6.86. The first-order chi connectivity index (χ1) is 5.33. The number of rotatable bonds is 2. The summed E-state index contributed by atoms with van der Waals surface area (Å²) in [5.74, 6) is 0.567. The third-order valence-electron chi connectivity index (χ3n) is 1.93. The molecule has 1 rings (SSSR count). The van der Waals surface area contributed by atoms with Gasteiger partial charge < -0.3 is 9.47 Å². The van der Waals surface area contributed by atoms with Crippen molar-refractivity contribution in [3.8, 4) is 0 Å². The summed E-state index contributed by atoms with van der Waals surface area (Å²) >= 11 is 0. The van der Waals surface area contributed by atoms with Crippen LogP contribution in [0.15, 0.2) is 0 Å². The SMILES string of the molecule is CCCC1COCC(C)CO1. The lowest BCUT2D eigenvalue weighted by atomic mass is 10.2. The molecule has 1 saturated heterocycles. The summed E-state index contributed by atoms with van der Waals surface area (Å²) < 4.78 is 11.1. The van der Waals surface area contributed by atoms with Crippen LogP contribution in [0.5, 0.6) is 0 Å². The fourth-order valence-corrected chi connectivity index (χ4v) is 1.29. The van der Waals surface area contributed by atoms with Crippen LogP contribution >= 0.6 is 0 Å². The van der Waals surface area contributed by atoms with Gasteiger partial charge in [0.2, 0.25) is 0 Å². The van der Waals surface area contributed by atoms with Crippen LogP contribution in [0.1, 0.15) is 26.7 Å². The summed E-state index contributed by atoms with van der Waals surface area (Å²) in [5.41, 5.74) is 0. The van der Waals surface area contributed by atoms with E-state index in [0.29, 0.717) is 12.0 Å². The molecule has 0 radical (unpaired) electrons. The van der Waals surface area contributed by atoms with Crippen LogP contribution in [0.25, 0.3) is 0 Å². The Labute approximate surface area is 68.9 Å². The van der Waals surface area contributed by atoms with Crippen LogP contribution in [-0.4, -0.2) is 25.9 Å². The van der Waals surface area contributed by atoms with Gasteiger partial charge in [0.1, 0.15) is 0 Å². The fraction of sp³-hybridized carbons (Fsp3) is 1.00. The van der Waals surface area contributed by atoms with Crippen LogP contribution in [-0.2, 0) is 9.47 Å². The molecule has 11 heavy (non-hydrogen) atoms. The predicted molar refractivity (Wildman–Crippen MR) is 44.6 cm³/mol. The molecule has 0 N–H and O–H groups in total. The smallest absolute Gasteiger partial charge is 0.0808 e. The Morgan fingerprint density at radius 3 is 2.82 bits per heavy atom. The summed E-state index contributed by atoms with van der Waals surface area (Å²) in [6.07, 6.45) is 2.67. The van der Waals surface area contributed by atoms with Gasteiger partial charge in [-0.1, -0.05) is 20.3 Å². The highest BCUT2D eigenvalue weighted by atomic mass is 16.5. The average Bonchev–Trinajstić information content (AvgIpc) is 2.17. The van der Waals surface area contributed by atoms with E-state index < -0.39 is 0 Å². The second-order valence-corrected chi connectivity index (χ2v) is 3.39. The van der Waals surface area contributed by atoms with E-state index in [2.05, 4.69) is 13.8 Å². The van der Waals surface area contributed by atoms with Gasteiger partial charge >= 0.3 is 0 Å². The maximum atomic E-state index is 5.63. The highest BCUT2D eigenvalue weighted by molar-refractivity contribution is 4.62. The maximum absolute atomic E-state index is 5.63. The Morgan fingerprint density at radius 2 is 2.09 bits per heavy atom. The van der Waals surface area contributed by atoms with Crippen molar-refractivity contribution < 1.29 is 9.47 Å². The molecule has 2 heteroatoms. The normalized spacial score (nSPS) is 33.3. The Kier molecular flexibility index (Phi) is 3.87. The first-order valence-electron chi connectivity index (χ1n) is 4.52. The Bertz CT molecular complexity index is 104. The minimum absolute atomic E-state index is 0.352. The molecule has 1 aliphatic rings. The molecule has 0 aliphatic carbocycles. The standard InChI is InChI=1S/C9H18O2/c1-3-4-9-7-10-5-8(2)6-11-9/h8-9H,3-7H2,1-2H3. The van der Waals surface area contributed by atoms with E-state index in [1.165, 1.54) is 6.42 Å². The summed E-state index contributed by atoms with van der Waals surface area (Å²) in [6, 6.07) is 0. The van der Waals surface area contributed by atoms with Crippen molar-refractivity contribution in [1.29, 1.82) is 0 Å². The molecule has 0 spiro atoms. The quantitative estimate of drug-likeness (QED) is 0.610. The maximum Gasteiger partial charge on any atom is 0.0808 e. The summed E-state index contributed by atoms with van der Waals surface area (Å²) in [7, 11) is 0. The zero-order valence-electron chi connectivity index (χ0n) is 7.51. The Hall–Kier alpha value is -0.0800. The summed E-state index contributed by atoms with van der Waals surface area (Å²) in [4.78, 5) is 0. The Morgan fingerprint density at radius 1 is 1.27 bits per heavy atom. The van der Waals surface area contributed by atoms with Crippen LogP contribution in [0.4, 0.5) is 0 Å². The second-order valence-electron chi connectivity index (χ2n) is 3.39. The first kappa shape index (κ1) is 9.01. The minimum atomic E-state index is 0.352. The molecule has 0 saturated carbocycles. The van der Waals surface area contributed by atoms with Crippen molar-refractivity contribution in [3.05, 3.63) is 0 Å². The van der Waals surface area contributed by atoms with Crippen LogP contribution in [0, 0.1) is 5.92 Å². The molecule has 1 fully saturated rings. The largest absolute Gasteiger partial charge is 0.378 e. The highest BCUT2D eigenvalue weighted by Gasteiger charge is 2.15. The van der Waals surface area contributed by atoms with Crippen molar-refractivity contribution >= 4 is 0 Å². The molecule has 0 aromatic rings. The van der Waals surface area contributed by atoms with Crippen molar-refractivity contribution in [1.82, 2.24) is 0 Å². The van der Waals surface area contributed by atoms with Crippen molar-refractivity contribution in [2.75, 3.05) is 19.8 Å². The van der Waals surface area contributed by atoms with E-state index in [1.807, 2.05) is 0 Å². The van der Waals surface area contributed by atoms with Crippen molar-refractivity contribution in [2.45, 2.75) is 32.8 Å². The average molecular weight is 158 g/mol. The summed E-state index contributed by atoms with van der Waals surface area (Å²) in [5, 5.41) is 0. The lowest BCUT2D eigenvalue weighted by molar-refractivity contribution is 0.0193. The van der Waals surface area contributed by atoms with Gasteiger partial charge in [-0.25, -0.2) is 0 Å². The molecule has 2 unspecified atom stereocenters. The number of ether oxygens (including phenoxy) is 2. The molecule has 2 atom stereocenters. The molecular weight excluding hydrogens is 140 g/mol. The van der Waals surface area contributed by atoms with Gasteiger partial charge in [0.25, 0.3) is 0 Å². The van der Waals surface area contributed by atoms with Crippen molar-refractivity contribution in [2.24, 2.45) is 5.92 Å². The first-order valence-corrected chi connectivity index (χ1v) is 4.52. The molecule has 0 aromatic heterocycles. The number of hydrogen-bond donors (Lipinski definition) is 0. The monoisotopic (exact) mass is 158 g/mol. The third-order valence-corrected chi connectivity index (χ3v) is 1.93. The van der Waals surface area contributed by atoms with E-state index in [-0.39, 0.29) is 0 Å². The van der Waals surface area contributed by atoms with Gasteiger partial charge in [-0.3, -0.25) is 0 Å². The zero-order chi connectivity index (χ0) is 8.10. The molecule has 0 aromatic carbocycles. The molecular formula is C9H18O2. The third kappa shape index (κ3) is 3.21. The van der Waals surface area contributed by atoms with E-state index in [9.17, 15) is 0 Å².